The highest BCUT2D eigenvalue weighted by Crippen LogP contribution is 2.35. The lowest BCUT2D eigenvalue weighted by molar-refractivity contribution is 0.0983. The summed E-state index contributed by atoms with van der Waals surface area (Å²) in [5.41, 5.74) is 3.33. The summed E-state index contributed by atoms with van der Waals surface area (Å²) in [6, 6.07) is 8.83. The van der Waals surface area contributed by atoms with Gasteiger partial charge in [-0.1, -0.05) is 0 Å². The summed E-state index contributed by atoms with van der Waals surface area (Å²) < 4.78 is 21.0. The van der Waals surface area contributed by atoms with Crippen molar-refractivity contribution in [3.8, 4) is 22.6 Å². The summed E-state index contributed by atoms with van der Waals surface area (Å²) in [6.45, 7) is 5.51. The normalized spacial score (nSPS) is 17.6. The van der Waals surface area contributed by atoms with Gasteiger partial charge in [0.1, 0.15) is 5.82 Å². The molecule has 5 rings (SSSR count). The molecule has 1 amide bonds. The van der Waals surface area contributed by atoms with Gasteiger partial charge in [0.05, 0.1) is 30.0 Å². The van der Waals surface area contributed by atoms with E-state index in [1.165, 1.54) is 12.1 Å². The van der Waals surface area contributed by atoms with E-state index in [1.54, 1.807) is 23.2 Å². The van der Waals surface area contributed by atoms with E-state index in [9.17, 15) is 9.18 Å². The number of anilines is 1. The van der Waals surface area contributed by atoms with Gasteiger partial charge in [-0.05, 0) is 83.1 Å². The Bertz CT molecular complexity index is 1200. The molecule has 1 N–H and O–H groups in total. The minimum absolute atomic E-state index is 0.163. The first-order valence-electron chi connectivity index (χ1n) is 13.0. The van der Waals surface area contributed by atoms with Crippen molar-refractivity contribution >= 4 is 12.0 Å². The van der Waals surface area contributed by atoms with E-state index in [0.29, 0.717) is 31.7 Å². The fourth-order valence-corrected chi connectivity index (χ4v) is 5.15. The summed E-state index contributed by atoms with van der Waals surface area (Å²) in [6.07, 6.45) is 7.04. The molecule has 0 saturated carbocycles. The summed E-state index contributed by atoms with van der Waals surface area (Å²) in [7, 11) is 2.15. The molecule has 0 spiro atoms. The van der Waals surface area contributed by atoms with Crippen molar-refractivity contribution in [2.45, 2.75) is 44.7 Å². The van der Waals surface area contributed by atoms with Gasteiger partial charge in [-0.25, -0.2) is 24.1 Å². The summed E-state index contributed by atoms with van der Waals surface area (Å²) in [5, 5.41) is 3.46. The average molecular weight is 508 g/mol. The summed E-state index contributed by atoms with van der Waals surface area (Å²) in [4.78, 5) is 30.2. The fraction of sp³-hybridized carbons (Fsp3) is 0.481. The first-order valence-corrected chi connectivity index (χ1v) is 13.0. The molecule has 0 unspecified atom stereocenters. The van der Waals surface area contributed by atoms with Gasteiger partial charge in [-0.15, -0.1) is 0 Å². The van der Waals surface area contributed by atoms with Crippen LogP contribution in [0.25, 0.3) is 22.6 Å². The lowest BCUT2D eigenvalue weighted by Crippen LogP contribution is -2.42. The van der Waals surface area contributed by atoms with Crippen molar-refractivity contribution in [3.63, 3.8) is 0 Å². The van der Waals surface area contributed by atoms with E-state index in [-0.39, 0.29) is 18.0 Å². The van der Waals surface area contributed by atoms with Gasteiger partial charge in [0, 0.05) is 36.9 Å². The molecule has 0 aliphatic carbocycles. The minimum Gasteiger partial charge on any atom is -0.450 e. The van der Waals surface area contributed by atoms with Crippen LogP contribution in [0, 0.1) is 5.82 Å². The quantitative estimate of drug-likeness (QED) is 0.528. The third-order valence-corrected chi connectivity index (χ3v) is 7.25. The van der Waals surface area contributed by atoms with Crippen LogP contribution in [-0.2, 0) is 4.74 Å². The number of halogens is 1. The van der Waals surface area contributed by atoms with Gasteiger partial charge in [0.2, 0.25) is 5.95 Å². The average Bonchev–Trinajstić information content (AvgIpc) is 3.35. The van der Waals surface area contributed by atoms with E-state index in [1.807, 2.05) is 19.3 Å². The lowest BCUT2D eigenvalue weighted by Gasteiger charge is -2.31. The van der Waals surface area contributed by atoms with Crippen LogP contribution < -0.4 is 5.32 Å². The number of piperidine rings is 2. The Labute approximate surface area is 216 Å². The van der Waals surface area contributed by atoms with Gasteiger partial charge < -0.3 is 24.4 Å². The molecule has 2 aliphatic heterocycles. The molecule has 0 radical (unpaired) electrons. The zero-order chi connectivity index (χ0) is 25.8. The van der Waals surface area contributed by atoms with Gasteiger partial charge in [0.15, 0.2) is 0 Å². The van der Waals surface area contributed by atoms with Crippen LogP contribution in [0.3, 0.4) is 0 Å². The Balaban J connectivity index is 1.40. The highest BCUT2D eigenvalue weighted by atomic mass is 19.1. The van der Waals surface area contributed by atoms with Gasteiger partial charge in [-0.3, -0.25) is 0 Å². The molecule has 37 heavy (non-hydrogen) atoms. The Morgan fingerprint density at radius 2 is 1.78 bits per heavy atom. The fourth-order valence-electron chi connectivity index (χ4n) is 5.15. The Morgan fingerprint density at radius 1 is 1.05 bits per heavy atom. The molecule has 2 aromatic heterocycles. The van der Waals surface area contributed by atoms with Crippen molar-refractivity contribution in [3.05, 3.63) is 48.7 Å². The van der Waals surface area contributed by atoms with Crippen molar-refractivity contribution < 1.29 is 13.9 Å². The van der Waals surface area contributed by atoms with Crippen molar-refractivity contribution in [2.75, 3.05) is 45.2 Å². The number of ether oxygens (including phenoxy) is 1. The Hall–Kier alpha value is -3.53. The third kappa shape index (κ3) is 5.74. The number of hydrogen-bond donors (Lipinski definition) is 1. The topological polar surface area (TPSA) is 88.4 Å². The number of benzene rings is 1. The van der Waals surface area contributed by atoms with Crippen LogP contribution in [0.4, 0.5) is 15.1 Å². The van der Waals surface area contributed by atoms with Gasteiger partial charge >= 0.3 is 6.09 Å². The largest absolute Gasteiger partial charge is 0.450 e. The molecule has 9 nitrogen and oxygen atoms in total. The number of nitrogens with zero attached hydrogens (tertiary/aromatic N) is 6. The molecule has 196 valence electrons. The monoisotopic (exact) mass is 507 g/mol. The molecule has 4 heterocycles. The van der Waals surface area contributed by atoms with Crippen molar-refractivity contribution in [1.82, 2.24) is 29.3 Å². The smallest absolute Gasteiger partial charge is 0.409 e. The standard InChI is InChI=1S/C27H34FN7O2/c1-3-37-27(36)34-16-9-21(10-17-34)31-26-29-13-8-23(32-26)25-24(19-4-6-20(28)7-5-19)30-18-35(25)22-11-14-33(2)15-12-22/h4-8,13,18,21-22H,3,9-12,14-17H2,1-2H3,(H,29,31,32). The first-order chi connectivity index (χ1) is 18.0. The number of amides is 1. The zero-order valence-corrected chi connectivity index (χ0v) is 21.4. The SMILES string of the molecule is CCOC(=O)N1CCC(Nc2nccc(-c3c(-c4ccc(F)cc4)ncn3C3CCN(C)CC3)n2)CC1. The number of rotatable bonds is 6. The Morgan fingerprint density at radius 3 is 2.49 bits per heavy atom. The number of nitrogens with one attached hydrogen (secondary N) is 1. The number of likely N-dealkylation sites (tertiary alicyclic amines) is 2. The lowest BCUT2D eigenvalue weighted by atomic mass is 10.0. The second kappa shape index (κ2) is 11.2. The molecule has 1 aromatic carbocycles. The molecule has 0 atom stereocenters. The number of aromatic nitrogens is 4. The molecule has 2 aliphatic rings. The predicted molar refractivity (Wildman–Crippen MR) is 140 cm³/mol. The van der Waals surface area contributed by atoms with Crippen LogP contribution in [0.1, 0.15) is 38.6 Å². The minimum atomic E-state index is -0.275. The number of imidazole rings is 1. The van der Waals surface area contributed by atoms with E-state index < -0.39 is 0 Å². The van der Waals surface area contributed by atoms with Crippen molar-refractivity contribution in [2.24, 2.45) is 0 Å². The van der Waals surface area contributed by atoms with Gasteiger partial charge in [-0.2, -0.15) is 0 Å². The number of hydrogen-bond acceptors (Lipinski definition) is 7. The Kier molecular flexibility index (Phi) is 7.64. The molecule has 0 bridgehead atoms. The zero-order valence-electron chi connectivity index (χ0n) is 21.4. The molecule has 10 heteroatoms. The first kappa shape index (κ1) is 25.1. The second-order valence-corrected chi connectivity index (χ2v) is 9.76. The molecular formula is C27H34FN7O2. The predicted octanol–water partition coefficient (Wildman–Crippen LogP) is 4.45. The molecular weight excluding hydrogens is 473 g/mol. The molecule has 2 saturated heterocycles. The maximum Gasteiger partial charge on any atom is 0.409 e. The van der Waals surface area contributed by atoms with Crippen LogP contribution in [0.2, 0.25) is 0 Å². The van der Waals surface area contributed by atoms with E-state index in [0.717, 1.165) is 61.4 Å². The van der Waals surface area contributed by atoms with Crippen LogP contribution in [0.15, 0.2) is 42.9 Å². The van der Waals surface area contributed by atoms with Gasteiger partial charge in [0.25, 0.3) is 0 Å². The van der Waals surface area contributed by atoms with Crippen LogP contribution >= 0.6 is 0 Å². The van der Waals surface area contributed by atoms with Crippen molar-refractivity contribution in [1.29, 1.82) is 0 Å². The molecule has 2 fully saturated rings. The number of carbonyl (C=O) groups is 1. The maximum atomic E-state index is 13.7. The van der Waals surface area contributed by atoms with E-state index in [4.69, 9.17) is 14.7 Å². The highest BCUT2D eigenvalue weighted by Gasteiger charge is 2.26. The van der Waals surface area contributed by atoms with E-state index >= 15 is 0 Å². The van der Waals surface area contributed by atoms with Crippen LogP contribution in [0.5, 0.6) is 0 Å². The second-order valence-electron chi connectivity index (χ2n) is 9.76. The summed E-state index contributed by atoms with van der Waals surface area (Å²) in [5.74, 6) is 0.274. The molecule has 3 aromatic rings. The van der Waals surface area contributed by atoms with Crippen LogP contribution in [-0.4, -0.2) is 81.3 Å². The summed E-state index contributed by atoms with van der Waals surface area (Å²) >= 11 is 0. The maximum absolute atomic E-state index is 13.7. The highest BCUT2D eigenvalue weighted by molar-refractivity contribution is 5.77. The third-order valence-electron chi connectivity index (χ3n) is 7.25. The van der Waals surface area contributed by atoms with E-state index in [2.05, 4.69) is 26.8 Å². The number of carbonyl (C=O) groups excluding carboxylic acids is 1.